The Morgan fingerprint density at radius 2 is 2.04 bits per heavy atom. The normalized spacial score (nSPS) is 19.4. The quantitative estimate of drug-likeness (QED) is 0.891. The average molecular weight is 343 g/mol. The molecule has 0 atom stereocenters. The summed E-state index contributed by atoms with van der Waals surface area (Å²) in [7, 11) is 0. The van der Waals surface area contributed by atoms with Crippen LogP contribution in [0.15, 0.2) is 17.0 Å². The van der Waals surface area contributed by atoms with E-state index in [2.05, 4.69) is 25.4 Å². The van der Waals surface area contributed by atoms with E-state index in [1.54, 1.807) is 6.20 Å². The van der Waals surface area contributed by atoms with Crippen LogP contribution in [0.1, 0.15) is 72.4 Å². The van der Waals surface area contributed by atoms with Gasteiger partial charge in [0.1, 0.15) is 5.76 Å². The summed E-state index contributed by atoms with van der Waals surface area (Å²) in [5.74, 6) is 0.753. The summed E-state index contributed by atoms with van der Waals surface area (Å²) in [4.78, 5) is 16.9. The molecule has 1 aliphatic carbocycles. The Labute approximate surface area is 147 Å². The number of nitrogens with one attached hydrogen (secondary N) is 2. The van der Waals surface area contributed by atoms with Crippen molar-refractivity contribution in [2.45, 2.75) is 57.4 Å². The second-order valence-electron chi connectivity index (χ2n) is 7.07. The van der Waals surface area contributed by atoms with Crippen LogP contribution in [0.2, 0.25) is 0 Å². The second-order valence-corrected chi connectivity index (χ2v) is 7.07. The number of carbonyl (C=O) groups is 1. The maximum atomic E-state index is 12.7. The number of hydrogen-bond acceptors (Lipinski definition) is 5. The van der Waals surface area contributed by atoms with Gasteiger partial charge in [0.05, 0.1) is 23.6 Å². The molecule has 2 fully saturated rings. The minimum Gasteiger partial charge on any atom is -0.447 e. The molecule has 0 bridgehead atoms. The zero-order valence-corrected chi connectivity index (χ0v) is 14.6. The predicted molar refractivity (Wildman–Crippen MR) is 93.8 cm³/mol. The molecule has 0 aromatic carbocycles. The topological polar surface area (TPSA) is 85.0 Å². The fraction of sp³-hybridized carbons (Fsp3) is 0.611. The summed E-state index contributed by atoms with van der Waals surface area (Å²) >= 11 is 0. The van der Waals surface area contributed by atoms with Crippen molar-refractivity contribution in [3.8, 4) is 0 Å². The van der Waals surface area contributed by atoms with Crippen molar-refractivity contribution in [1.29, 1.82) is 0 Å². The maximum Gasteiger partial charge on any atom is 0.278 e. The monoisotopic (exact) mass is 343 g/mol. The van der Waals surface area contributed by atoms with E-state index in [9.17, 15) is 4.79 Å². The van der Waals surface area contributed by atoms with Gasteiger partial charge < -0.3 is 15.1 Å². The van der Waals surface area contributed by atoms with Gasteiger partial charge in [0.2, 0.25) is 0 Å². The van der Waals surface area contributed by atoms with E-state index in [4.69, 9.17) is 4.42 Å². The highest BCUT2D eigenvalue weighted by molar-refractivity contribution is 6.03. The van der Waals surface area contributed by atoms with Gasteiger partial charge in [-0.05, 0) is 45.7 Å². The van der Waals surface area contributed by atoms with E-state index >= 15 is 0 Å². The molecule has 25 heavy (non-hydrogen) atoms. The van der Waals surface area contributed by atoms with Gasteiger partial charge in [-0.1, -0.05) is 12.8 Å². The van der Waals surface area contributed by atoms with Gasteiger partial charge in [-0.25, -0.2) is 4.98 Å². The molecule has 2 aromatic rings. The highest BCUT2D eigenvalue weighted by Gasteiger charge is 2.27. The molecule has 0 spiro atoms. The number of aromatic nitrogens is 3. The van der Waals surface area contributed by atoms with Gasteiger partial charge in [-0.15, -0.1) is 0 Å². The van der Waals surface area contributed by atoms with E-state index in [0.29, 0.717) is 17.5 Å². The van der Waals surface area contributed by atoms with Crippen LogP contribution in [-0.4, -0.2) is 33.8 Å². The Morgan fingerprint density at radius 3 is 2.80 bits per heavy atom. The number of anilines is 1. The smallest absolute Gasteiger partial charge is 0.278 e. The number of oxazole rings is 1. The van der Waals surface area contributed by atoms with E-state index < -0.39 is 0 Å². The zero-order valence-electron chi connectivity index (χ0n) is 14.6. The first-order chi connectivity index (χ1) is 12.2. The predicted octanol–water partition coefficient (Wildman–Crippen LogP) is 3.01. The van der Waals surface area contributed by atoms with Gasteiger partial charge in [0.15, 0.2) is 12.1 Å². The van der Waals surface area contributed by atoms with Crippen LogP contribution < -0.4 is 10.6 Å². The van der Waals surface area contributed by atoms with Crippen LogP contribution in [0.25, 0.3) is 0 Å². The van der Waals surface area contributed by atoms with Gasteiger partial charge >= 0.3 is 0 Å². The molecule has 0 radical (unpaired) electrons. The third-order valence-corrected chi connectivity index (χ3v) is 5.48. The Balaban J connectivity index is 1.50. The Morgan fingerprint density at radius 1 is 1.28 bits per heavy atom. The minimum absolute atomic E-state index is 0.212. The highest BCUT2D eigenvalue weighted by atomic mass is 16.3. The first-order valence-electron chi connectivity index (χ1n) is 9.23. The van der Waals surface area contributed by atoms with Crippen molar-refractivity contribution >= 4 is 11.6 Å². The molecule has 1 saturated heterocycles. The van der Waals surface area contributed by atoms with Crippen LogP contribution in [0, 0.1) is 6.92 Å². The van der Waals surface area contributed by atoms with Crippen molar-refractivity contribution in [3.63, 3.8) is 0 Å². The number of rotatable bonds is 4. The Hall–Kier alpha value is -2.15. The lowest BCUT2D eigenvalue weighted by Crippen LogP contribution is -2.27. The summed E-state index contributed by atoms with van der Waals surface area (Å²) in [6.07, 6.45) is 9.89. The summed E-state index contributed by atoms with van der Waals surface area (Å²) in [5.41, 5.74) is 2.17. The molecule has 2 aliphatic rings. The third kappa shape index (κ3) is 3.20. The second kappa shape index (κ2) is 7.00. The first-order valence-corrected chi connectivity index (χ1v) is 9.23. The maximum absolute atomic E-state index is 12.7. The molecule has 3 heterocycles. The van der Waals surface area contributed by atoms with Gasteiger partial charge in [-0.3, -0.25) is 9.48 Å². The number of hydrogen-bond donors (Lipinski definition) is 2. The summed E-state index contributed by atoms with van der Waals surface area (Å²) in [5, 5.41) is 10.8. The highest BCUT2D eigenvalue weighted by Crippen LogP contribution is 2.32. The zero-order chi connectivity index (χ0) is 17.2. The molecule has 0 unspecified atom stereocenters. The molecular weight excluding hydrogens is 318 g/mol. The van der Waals surface area contributed by atoms with Gasteiger partial charge in [0.25, 0.3) is 5.91 Å². The van der Waals surface area contributed by atoms with E-state index in [-0.39, 0.29) is 11.8 Å². The molecule has 2 aromatic heterocycles. The summed E-state index contributed by atoms with van der Waals surface area (Å²) in [6.45, 7) is 3.90. The number of amides is 1. The largest absolute Gasteiger partial charge is 0.447 e. The van der Waals surface area contributed by atoms with Gasteiger partial charge in [0, 0.05) is 5.92 Å². The standard InChI is InChI=1S/C18H25N5O2/c1-12-15(10-21-23(12)14-4-2-3-5-14)22-18(24)16-17(25-11-20-16)13-6-8-19-9-7-13/h10-11,13-14,19H,2-9H2,1H3,(H,22,24). The van der Waals surface area contributed by atoms with Crippen LogP contribution in [0.5, 0.6) is 0 Å². The Bertz CT molecular complexity index is 738. The van der Waals surface area contributed by atoms with Crippen LogP contribution in [0.4, 0.5) is 5.69 Å². The molecular formula is C18H25N5O2. The van der Waals surface area contributed by atoms with Crippen molar-refractivity contribution in [3.05, 3.63) is 29.7 Å². The molecule has 7 nitrogen and oxygen atoms in total. The van der Waals surface area contributed by atoms with Crippen LogP contribution >= 0.6 is 0 Å². The molecule has 134 valence electrons. The Kier molecular flexibility index (Phi) is 4.57. The van der Waals surface area contributed by atoms with Crippen molar-refractivity contribution in [2.75, 3.05) is 18.4 Å². The lowest BCUT2D eigenvalue weighted by molar-refractivity contribution is 0.101. The molecule has 1 saturated carbocycles. The van der Waals surface area contributed by atoms with Crippen molar-refractivity contribution in [2.24, 2.45) is 0 Å². The molecule has 4 rings (SSSR count). The lowest BCUT2D eigenvalue weighted by atomic mass is 9.94. The van der Waals surface area contributed by atoms with Crippen molar-refractivity contribution in [1.82, 2.24) is 20.1 Å². The third-order valence-electron chi connectivity index (χ3n) is 5.48. The molecule has 1 amide bonds. The van der Waals surface area contributed by atoms with E-state index in [0.717, 1.165) is 37.3 Å². The molecule has 1 aliphatic heterocycles. The molecule has 2 N–H and O–H groups in total. The SMILES string of the molecule is Cc1c(NC(=O)c2ncoc2C2CCNCC2)cnn1C1CCCC1. The summed E-state index contributed by atoms with van der Waals surface area (Å²) in [6, 6.07) is 0.461. The average Bonchev–Trinajstić information content (AvgIpc) is 3.37. The number of carbonyl (C=O) groups excluding carboxylic acids is 1. The summed E-state index contributed by atoms with van der Waals surface area (Å²) < 4.78 is 7.61. The lowest BCUT2D eigenvalue weighted by Gasteiger charge is -2.21. The van der Waals surface area contributed by atoms with E-state index in [1.807, 2.05) is 6.92 Å². The van der Waals surface area contributed by atoms with Gasteiger partial charge in [-0.2, -0.15) is 5.10 Å². The van der Waals surface area contributed by atoms with Crippen molar-refractivity contribution < 1.29 is 9.21 Å². The molecule has 7 heteroatoms. The van der Waals surface area contributed by atoms with Crippen LogP contribution in [-0.2, 0) is 0 Å². The van der Waals surface area contributed by atoms with E-state index in [1.165, 1.54) is 32.1 Å². The fourth-order valence-corrected chi connectivity index (χ4v) is 4.04. The fourth-order valence-electron chi connectivity index (χ4n) is 4.04. The number of piperidine rings is 1. The minimum atomic E-state index is -0.212. The number of nitrogens with zero attached hydrogens (tertiary/aromatic N) is 3. The first kappa shape index (κ1) is 16.3. The van der Waals surface area contributed by atoms with Crippen LogP contribution in [0.3, 0.4) is 0 Å².